The van der Waals surface area contributed by atoms with Gasteiger partial charge in [0.2, 0.25) is 0 Å². The van der Waals surface area contributed by atoms with E-state index in [1.165, 1.54) is 18.9 Å². The first-order valence-corrected chi connectivity index (χ1v) is 10.6. The molecule has 7 nitrogen and oxygen atoms in total. The lowest BCUT2D eigenvalue weighted by Crippen LogP contribution is -2.24. The molecule has 0 unspecified atom stereocenters. The van der Waals surface area contributed by atoms with E-state index >= 15 is 0 Å². The van der Waals surface area contributed by atoms with Crippen molar-refractivity contribution in [2.45, 2.75) is 11.7 Å². The number of H-pyrrole nitrogens is 1. The lowest BCUT2D eigenvalue weighted by Gasteiger charge is -2.12. The highest BCUT2D eigenvalue weighted by Crippen LogP contribution is 2.28. The highest BCUT2D eigenvalue weighted by molar-refractivity contribution is 7.99. The van der Waals surface area contributed by atoms with E-state index in [2.05, 4.69) is 4.98 Å². The summed E-state index contributed by atoms with van der Waals surface area (Å²) in [4.78, 5) is 33.0. The quantitative estimate of drug-likeness (QED) is 0.271. The average Bonchev–Trinajstić information content (AvgIpc) is 3.24. The maximum atomic E-state index is 13.4. The minimum Gasteiger partial charge on any atom is -0.497 e. The standard InChI is InChI=1S/C23H21N3O4S/c1-29-17-10-8-15(9-11-17)13-26-22(28)21-20(25-23(26)31-14-19(27)30-2)18(12-24-21)16-6-4-3-5-7-16/h3-12,24H,13-14H2,1-2H3. The third-order valence-electron chi connectivity index (χ3n) is 4.88. The summed E-state index contributed by atoms with van der Waals surface area (Å²) in [5.74, 6) is 0.414. The zero-order valence-corrected chi connectivity index (χ0v) is 17.9. The predicted octanol–water partition coefficient (Wildman–Crippen LogP) is 3.71. The first-order chi connectivity index (χ1) is 15.1. The molecular formula is C23H21N3O4S. The van der Waals surface area contributed by atoms with Crippen molar-refractivity contribution < 1.29 is 14.3 Å². The Balaban J connectivity index is 1.81. The maximum Gasteiger partial charge on any atom is 0.316 e. The molecule has 0 amide bonds. The largest absolute Gasteiger partial charge is 0.497 e. The minimum atomic E-state index is -0.382. The molecule has 0 radical (unpaired) electrons. The summed E-state index contributed by atoms with van der Waals surface area (Å²) in [5, 5.41) is 0.454. The summed E-state index contributed by atoms with van der Waals surface area (Å²) >= 11 is 1.18. The van der Waals surface area contributed by atoms with Gasteiger partial charge >= 0.3 is 5.97 Å². The van der Waals surface area contributed by atoms with Crippen molar-refractivity contribution >= 4 is 28.8 Å². The summed E-state index contributed by atoms with van der Waals surface area (Å²) in [6, 6.07) is 17.2. The van der Waals surface area contributed by atoms with Crippen LogP contribution < -0.4 is 10.3 Å². The first kappa shape index (κ1) is 20.7. The number of carbonyl (C=O) groups is 1. The lowest BCUT2D eigenvalue weighted by molar-refractivity contribution is -0.137. The number of benzene rings is 2. The highest BCUT2D eigenvalue weighted by Gasteiger charge is 2.18. The summed E-state index contributed by atoms with van der Waals surface area (Å²) < 4.78 is 11.5. The van der Waals surface area contributed by atoms with Crippen LogP contribution in [0, 0.1) is 0 Å². The molecule has 0 spiro atoms. The van der Waals surface area contributed by atoms with Gasteiger partial charge in [-0.15, -0.1) is 0 Å². The molecular weight excluding hydrogens is 414 g/mol. The van der Waals surface area contributed by atoms with Gasteiger partial charge in [0.25, 0.3) is 5.56 Å². The van der Waals surface area contributed by atoms with Crippen molar-refractivity contribution in [2.24, 2.45) is 0 Å². The second-order valence-corrected chi connectivity index (χ2v) is 7.73. The molecule has 0 fully saturated rings. The Bertz CT molecular complexity index is 1260. The number of aromatic nitrogens is 3. The third-order valence-corrected chi connectivity index (χ3v) is 5.83. The number of hydrogen-bond donors (Lipinski definition) is 1. The van der Waals surface area contributed by atoms with E-state index in [0.717, 1.165) is 22.4 Å². The number of esters is 1. The van der Waals surface area contributed by atoms with Crippen molar-refractivity contribution in [2.75, 3.05) is 20.0 Å². The number of hydrogen-bond acceptors (Lipinski definition) is 6. The van der Waals surface area contributed by atoms with Gasteiger partial charge in [-0.05, 0) is 23.3 Å². The number of fused-ring (bicyclic) bond motifs is 1. The normalized spacial score (nSPS) is 10.9. The molecule has 0 atom stereocenters. The first-order valence-electron chi connectivity index (χ1n) is 9.60. The van der Waals surface area contributed by atoms with E-state index in [1.54, 1.807) is 17.9 Å². The molecule has 2 aromatic heterocycles. The molecule has 4 aromatic rings. The molecule has 8 heteroatoms. The molecule has 0 aliphatic carbocycles. The van der Waals surface area contributed by atoms with Crippen LogP contribution in [0.4, 0.5) is 0 Å². The van der Waals surface area contributed by atoms with Crippen molar-refractivity contribution in [1.29, 1.82) is 0 Å². The molecule has 0 aliphatic rings. The van der Waals surface area contributed by atoms with E-state index in [9.17, 15) is 9.59 Å². The Morgan fingerprint density at radius 1 is 1.10 bits per heavy atom. The number of nitrogens with zero attached hydrogens (tertiary/aromatic N) is 2. The van der Waals surface area contributed by atoms with Gasteiger partial charge in [-0.1, -0.05) is 54.2 Å². The second kappa shape index (κ2) is 9.09. The van der Waals surface area contributed by atoms with E-state index in [4.69, 9.17) is 14.5 Å². The number of carbonyl (C=O) groups excluding carboxylic acids is 1. The SMILES string of the molecule is COC(=O)CSc1nc2c(-c3ccccc3)c[nH]c2c(=O)n1Cc1ccc(OC)cc1. The molecule has 158 valence electrons. The Kier molecular flexibility index (Phi) is 6.08. The molecule has 2 aromatic carbocycles. The molecule has 0 aliphatic heterocycles. The molecule has 31 heavy (non-hydrogen) atoms. The number of methoxy groups -OCH3 is 2. The van der Waals surface area contributed by atoms with Crippen LogP contribution in [-0.4, -0.2) is 40.5 Å². The molecule has 0 bridgehead atoms. The zero-order chi connectivity index (χ0) is 21.8. The van der Waals surface area contributed by atoms with Gasteiger partial charge < -0.3 is 14.5 Å². The molecule has 0 saturated carbocycles. The number of ether oxygens (including phenoxy) is 2. The number of thioether (sulfide) groups is 1. The smallest absolute Gasteiger partial charge is 0.316 e. The van der Waals surface area contributed by atoms with Crippen LogP contribution in [0.5, 0.6) is 5.75 Å². The Labute approximate surface area is 183 Å². The highest BCUT2D eigenvalue weighted by atomic mass is 32.2. The fourth-order valence-corrected chi connectivity index (χ4v) is 4.08. The van der Waals surface area contributed by atoms with Gasteiger partial charge in [0.15, 0.2) is 5.16 Å². The van der Waals surface area contributed by atoms with Crippen LogP contribution in [0.3, 0.4) is 0 Å². The average molecular weight is 436 g/mol. The van der Waals surface area contributed by atoms with Gasteiger partial charge in [0.05, 0.1) is 26.5 Å². The van der Waals surface area contributed by atoms with Crippen LogP contribution in [0.2, 0.25) is 0 Å². The Morgan fingerprint density at radius 2 is 1.84 bits per heavy atom. The maximum absolute atomic E-state index is 13.4. The lowest BCUT2D eigenvalue weighted by atomic mass is 10.1. The van der Waals surface area contributed by atoms with Crippen LogP contribution >= 0.6 is 11.8 Å². The summed E-state index contributed by atoms with van der Waals surface area (Å²) in [7, 11) is 2.94. The van der Waals surface area contributed by atoms with E-state index < -0.39 is 0 Å². The Hall–Kier alpha value is -3.52. The summed E-state index contributed by atoms with van der Waals surface area (Å²) in [5.41, 5.74) is 3.51. The minimum absolute atomic E-state index is 0.0577. The van der Waals surface area contributed by atoms with E-state index in [-0.39, 0.29) is 17.3 Å². The third kappa shape index (κ3) is 4.34. The van der Waals surface area contributed by atoms with Crippen LogP contribution in [0.15, 0.2) is 70.7 Å². The van der Waals surface area contributed by atoms with Crippen LogP contribution in [-0.2, 0) is 16.1 Å². The van der Waals surface area contributed by atoms with Gasteiger partial charge in [-0.25, -0.2) is 4.98 Å². The van der Waals surface area contributed by atoms with Gasteiger partial charge in [0.1, 0.15) is 16.8 Å². The monoisotopic (exact) mass is 435 g/mol. The summed E-state index contributed by atoms with van der Waals surface area (Å²) in [6.45, 7) is 0.314. The zero-order valence-electron chi connectivity index (χ0n) is 17.1. The van der Waals surface area contributed by atoms with Crippen molar-refractivity contribution in [3.8, 4) is 16.9 Å². The molecule has 2 heterocycles. The topological polar surface area (TPSA) is 86.2 Å². The number of aromatic amines is 1. The number of rotatable bonds is 7. The van der Waals surface area contributed by atoms with Crippen molar-refractivity contribution in [3.63, 3.8) is 0 Å². The van der Waals surface area contributed by atoms with Crippen LogP contribution in [0.1, 0.15) is 5.56 Å². The number of nitrogens with one attached hydrogen (secondary N) is 1. The molecule has 0 saturated heterocycles. The van der Waals surface area contributed by atoms with Gasteiger partial charge in [-0.2, -0.15) is 0 Å². The molecule has 1 N–H and O–H groups in total. The fourth-order valence-electron chi connectivity index (χ4n) is 3.26. The summed E-state index contributed by atoms with van der Waals surface area (Å²) in [6.07, 6.45) is 1.79. The van der Waals surface area contributed by atoms with Gasteiger partial charge in [-0.3, -0.25) is 14.2 Å². The molecule has 4 rings (SSSR count). The second-order valence-electron chi connectivity index (χ2n) is 6.79. The van der Waals surface area contributed by atoms with Crippen molar-refractivity contribution in [3.05, 3.63) is 76.7 Å². The van der Waals surface area contributed by atoms with E-state index in [1.807, 2.05) is 54.6 Å². The van der Waals surface area contributed by atoms with Gasteiger partial charge in [0, 0.05) is 11.8 Å². The van der Waals surface area contributed by atoms with E-state index in [0.29, 0.717) is 22.7 Å². The van der Waals surface area contributed by atoms with Crippen molar-refractivity contribution in [1.82, 2.24) is 14.5 Å². The fraction of sp³-hybridized carbons (Fsp3) is 0.174. The predicted molar refractivity (Wildman–Crippen MR) is 121 cm³/mol. The Morgan fingerprint density at radius 3 is 2.52 bits per heavy atom. The van der Waals surface area contributed by atoms with Crippen LogP contribution in [0.25, 0.3) is 22.2 Å².